The van der Waals surface area contributed by atoms with E-state index >= 15 is 0 Å². The molecule has 3 rings (SSSR count). The molecule has 2 fully saturated rings. The second kappa shape index (κ2) is 3.55. The van der Waals surface area contributed by atoms with Crippen LogP contribution in [0.3, 0.4) is 0 Å². The lowest BCUT2D eigenvalue weighted by molar-refractivity contribution is -0.118. The Morgan fingerprint density at radius 1 is 1.67 bits per heavy atom. The molecule has 3 heteroatoms. The van der Waals surface area contributed by atoms with Gasteiger partial charge in [0.1, 0.15) is 6.10 Å². The van der Waals surface area contributed by atoms with Crippen molar-refractivity contribution < 1.29 is 14.6 Å². The molecule has 0 aromatic heterocycles. The molecular formula is C15H20O3. The van der Waals surface area contributed by atoms with Crippen molar-refractivity contribution in [3.05, 3.63) is 23.8 Å². The van der Waals surface area contributed by atoms with Crippen LogP contribution in [0.15, 0.2) is 23.8 Å². The van der Waals surface area contributed by atoms with Gasteiger partial charge in [-0.2, -0.15) is 0 Å². The maximum Gasteiger partial charge on any atom is 0.194 e. The molecule has 0 radical (unpaired) electrons. The van der Waals surface area contributed by atoms with Crippen molar-refractivity contribution in [1.29, 1.82) is 0 Å². The Bertz CT molecular complexity index is 464. The smallest absolute Gasteiger partial charge is 0.194 e. The summed E-state index contributed by atoms with van der Waals surface area (Å²) >= 11 is 0. The molecule has 4 atom stereocenters. The summed E-state index contributed by atoms with van der Waals surface area (Å²) in [4.78, 5) is 12.3. The number of hydrogen-bond acceptors (Lipinski definition) is 3. The van der Waals surface area contributed by atoms with Gasteiger partial charge in [0, 0.05) is 5.41 Å². The van der Waals surface area contributed by atoms with Gasteiger partial charge in [0.25, 0.3) is 0 Å². The Morgan fingerprint density at radius 2 is 2.39 bits per heavy atom. The molecule has 0 amide bonds. The minimum Gasteiger partial charge on any atom is -0.392 e. The Hall–Kier alpha value is -0.930. The highest BCUT2D eigenvalue weighted by Crippen LogP contribution is 2.63. The molecule has 2 aliphatic carbocycles. The van der Waals surface area contributed by atoms with Crippen molar-refractivity contribution in [3.63, 3.8) is 0 Å². The van der Waals surface area contributed by atoms with E-state index in [4.69, 9.17) is 4.74 Å². The van der Waals surface area contributed by atoms with Gasteiger partial charge in [-0.15, -0.1) is 0 Å². The fourth-order valence-electron chi connectivity index (χ4n) is 3.85. The summed E-state index contributed by atoms with van der Waals surface area (Å²) in [5.74, 6) is 0.483. The molecule has 0 aromatic rings. The van der Waals surface area contributed by atoms with Gasteiger partial charge in [-0.1, -0.05) is 26.0 Å². The van der Waals surface area contributed by atoms with Crippen molar-refractivity contribution in [3.8, 4) is 0 Å². The highest BCUT2D eigenvalue weighted by molar-refractivity contribution is 6.04. The van der Waals surface area contributed by atoms with Gasteiger partial charge in [-0.3, -0.25) is 4.79 Å². The predicted octanol–water partition coefficient (Wildman–Crippen LogP) is 2.01. The van der Waals surface area contributed by atoms with Crippen LogP contribution in [0.25, 0.3) is 0 Å². The lowest BCUT2D eigenvalue weighted by Crippen LogP contribution is -2.46. The first-order valence-corrected chi connectivity index (χ1v) is 6.70. The van der Waals surface area contributed by atoms with Gasteiger partial charge in [-0.25, -0.2) is 0 Å². The minimum absolute atomic E-state index is 0.0203. The monoisotopic (exact) mass is 248 g/mol. The Morgan fingerprint density at radius 3 is 3.06 bits per heavy atom. The number of fused-ring (bicyclic) bond motifs is 3. The number of rotatable bonds is 2. The SMILES string of the molecule is C=C(CO)[C@@]12O[C@@H]1[C@@]1(C)C(=CC2=O)CCC[C@@H]1C. The summed E-state index contributed by atoms with van der Waals surface area (Å²) in [6, 6.07) is 0. The second-order valence-corrected chi connectivity index (χ2v) is 6.11. The van der Waals surface area contributed by atoms with Crippen molar-refractivity contribution >= 4 is 5.78 Å². The fraction of sp³-hybridized carbons (Fsp3) is 0.667. The van der Waals surface area contributed by atoms with E-state index in [0.29, 0.717) is 11.5 Å². The molecule has 0 bridgehead atoms. The first kappa shape index (κ1) is 12.1. The van der Waals surface area contributed by atoms with Crippen LogP contribution in [0.4, 0.5) is 0 Å². The van der Waals surface area contributed by atoms with E-state index in [1.165, 1.54) is 12.0 Å². The molecule has 1 saturated heterocycles. The molecule has 98 valence electrons. The van der Waals surface area contributed by atoms with E-state index in [0.717, 1.165) is 12.8 Å². The molecule has 0 spiro atoms. The number of aliphatic hydroxyl groups excluding tert-OH is 1. The first-order valence-electron chi connectivity index (χ1n) is 6.70. The van der Waals surface area contributed by atoms with Crippen molar-refractivity contribution in [2.45, 2.75) is 44.8 Å². The van der Waals surface area contributed by atoms with E-state index in [1.54, 1.807) is 6.08 Å². The minimum atomic E-state index is -0.918. The third-order valence-corrected chi connectivity index (χ3v) is 5.35. The predicted molar refractivity (Wildman–Crippen MR) is 68.0 cm³/mol. The summed E-state index contributed by atoms with van der Waals surface area (Å²) in [6.45, 7) is 8.08. The number of epoxide rings is 1. The van der Waals surface area contributed by atoms with Gasteiger partial charge in [0.05, 0.1) is 6.61 Å². The molecule has 18 heavy (non-hydrogen) atoms. The lowest BCUT2D eigenvalue weighted by Gasteiger charge is -2.43. The zero-order chi connectivity index (χ0) is 13.1. The maximum absolute atomic E-state index is 12.3. The van der Waals surface area contributed by atoms with E-state index in [1.807, 2.05) is 0 Å². The molecule has 1 saturated carbocycles. The maximum atomic E-state index is 12.3. The molecule has 0 aromatic carbocycles. The van der Waals surface area contributed by atoms with Crippen molar-refractivity contribution in [2.75, 3.05) is 6.61 Å². The standard InChI is InChI=1S/C15H20O3/c1-9-5-4-6-11-7-12(17)15(10(2)8-16)13(18-15)14(9,11)3/h7,9,13,16H,2,4-6,8H2,1,3H3/t9-,13+,14+,15-/m0/s1. The molecule has 1 aliphatic heterocycles. The average Bonchev–Trinajstić information content (AvgIpc) is 3.11. The number of carbonyl (C=O) groups excluding carboxylic acids is 1. The Balaban J connectivity index is 2.07. The molecule has 3 nitrogen and oxygen atoms in total. The van der Waals surface area contributed by atoms with E-state index in [9.17, 15) is 9.90 Å². The van der Waals surface area contributed by atoms with Gasteiger partial charge in [0.15, 0.2) is 11.4 Å². The number of aliphatic hydroxyl groups is 1. The average molecular weight is 248 g/mol. The highest BCUT2D eigenvalue weighted by atomic mass is 16.6. The Labute approximate surface area is 108 Å². The summed E-state index contributed by atoms with van der Waals surface area (Å²) in [5, 5.41) is 9.29. The van der Waals surface area contributed by atoms with Crippen molar-refractivity contribution in [2.24, 2.45) is 11.3 Å². The number of ether oxygens (including phenoxy) is 1. The summed E-state index contributed by atoms with van der Waals surface area (Å²) in [7, 11) is 0. The fourth-order valence-corrected chi connectivity index (χ4v) is 3.85. The number of carbonyl (C=O) groups is 1. The largest absolute Gasteiger partial charge is 0.392 e. The van der Waals surface area contributed by atoms with Gasteiger partial charge in [-0.05, 0) is 36.8 Å². The molecule has 1 N–H and O–H groups in total. The molecule has 0 unspecified atom stereocenters. The van der Waals surface area contributed by atoms with Crippen LogP contribution in [0.1, 0.15) is 33.1 Å². The normalized spacial score (nSPS) is 45.9. The van der Waals surface area contributed by atoms with Crippen LogP contribution in [0.5, 0.6) is 0 Å². The van der Waals surface area contributed by atoms with Crippen LogP contribution in [-0.2, 0) is 9.53 Å². The van der Waals surface area contributed by atoms with E-state index in [2.05, 4.69) is 20.4 Å². The number of ketones is 1. The highest BCUT2D eigenvalue weighted by Gasteiger charge is 2.73. The number of hydrogen-bond donors (Lipinski definition) is 1. The summed E-state index contributed by atoms with van der Waals surface area (Å²) in [6.07, 6.45) is 4.96. The third kappa shape index (κ3) is 1.19. The van der Waals surface area contributed by atoms with Crippen molar-refractivity contribution in [1.82, 2.24) is 0 Å². The van der Waals surface area contributed by atoms with E-state index < -0.39 is 5.60 Å². The van der Waals surface area contributed by atoms with Crippen LogP contribution < -0.4 is 0 Å². The lowest BCUT2D eigenvalue weighted by atomic mass is 9.57. The molecule has 1 heterocycles. The second-order valence-electron chi connectivity index (χ2n) is 6.11. The first-order chi connectivity index (χ1) is 8.47. The van der Waals surface area contributed by atoms with Crippen LogP contribution in [0, 0.1) is 11.3 Å². The molecular weight excluding hydrogens is 228 g/mol. The molecule has 3 aliphatic rings. The zero-order valence-electron chi connectivity index (χ0n) is 11.0. The van der Waals surface area contributed by atoms with Gasteiger partial charge >= 0.3 is 0 Å². The van der Waals surface area contributed by atoms with Gasteiger partial charge in [0.2, 0.25) is 0 Å². The van der Waals surface area contributed by atoms with E-state index in [-0.39, 0.29) is 23.9 Å². The quantitative estimate of drug-likeness (QED) is 0.600. The van der Waals surface area contributed by atoms with Crippen LogP contribution in [-0.4, -0.2) is 29.2 Å². The van der Waals surface area contributed by atoms with Crippen LogP contribution >= 0.6 is 0 Å². The Kier molecular flexibility index (Phi) is 2.39. The topological polar surface area (TPSA) is 49.8 Å². The summed E-state index contributed by atoms with van der Waals surface area (Å²) in [5.41, 5.74) is 0.755. The summed E-state index contributed by atoms with van der Waals surface area (Å²) < 4.78 is 5.81. The van der Waals surface area contributed by atoms with Crippen LogP contribution in [0.2, 0.25) is 0 Å². The van der Waals surface area contributed by atoms with Gasteiger partial charge < -0.3 is 9.84 Å². The third-order valence-electron chi connectivity index (χ3n) is 5.35. The zero-order valence-corrected chi connectivity index (χ0v) is 11.0.